The lowest BCUT2D eigenvalue weighted by Gasteiger charge is -2.10. The first kappa shape index (κ1) is 21.8. The van der Waals surface area contributed by atoms with E-state index in [-0.39, 0.29) is 11.8 Å². The first-order valence-electron chi connectivity index (χ1n) is 10.2. The number of aryl methyl sites for hydroxylation is 1. The largest absolute Gasteiger partial charge is 0.366 e. The van der Waals surface area contributed by atoms with E-state index in [0.29, 0.717) is 33.4 Å². The third-order valence-electron chi connectivity index (χ3n) is 5.35. The Morgan fingerprint density at radius 3 is 2.09 bits per heavy atom. The van der Waals surface area contributed by atoms with Gasteiger partial charge in [0, 0.05) is 43.3 Å². The number of nitrogens with one attached hydrogen (secondary N) is 1. The van der Waals surface area contributed by atoms with Crippen molar-refractivity contribution in [3.63, 3.8) is 0 Å². The quantitative estimate of drug-likeness (QED) is 0.495. The molecule has 0 aliphatic rings. The number of nitrogens with zero attached hydrogens (tertiary/aromatic N) is 3. The Labute approximate surface area is 190 Å². The zero-order valence-corrected chi connectivity index (χ0v) is 18.5. The Balaban J connectivity index is 1.65. The number of hydrogen-bond donors (Lipinski definition) is 2. The number of benzene rings is 3. The lowest BCUT2D eigenvalue weighted by molar-refractivity contribution is 0.0827. The molecule has 1 aromatic heterocycles. The van der Waals surface area contributed by atoms with Gasteiger partial charge < -0.3 is 16.0 Å². The first-order chi connectivity index (χ1) is 15.7. The standard InChI is InChI=1S/C25H23N5O3/c1-29(2)25(33)17-6-4-15(5-7-17)18-10-13-21-20(14-18)22(30(3)28-21)24(32)27-19-11-8-16(9-12-19)23(26)31/h4-14H,1-3H3,(H2,26,31)(H,27,32). The Morgan fingerprint density at radius 2 is 1.48 bits per heavy atom. The molecule has 0 fully saturated rings. The topological polar surface area (TPSA) is 110 Å². The van der Waals surface area contributed by atoms with E-state index < -0.39 is 5.91 Å². The maximum absolute atomic E-state index is 13.1. The summed E-state index contributed by atoms with van der Waals surface area (Å²) in [5.41, 5.74) is 9.69. The molecule has 1 heterocycles. The van der Waals surface area contributed by atoms with Crippen LogP contribution in [0.3, 0.4) is 0 Å². The van der Waals surface area contributed by atoms with Crippen LogP contribution >= 0.6 is 0 Å². The molecular formula is C25H23N5O3. The number of hydrogen-bond acceptors (Lipinski definition) is 4. The Kier molecular flexibility index (Phi) is 5.66. The van der Waals surface area contributed by atoms with E-state index in [1.807, 2.05) is 30.3 Å². The predicted molar refractivity (Wildman–Crippen MR) is 127 cm³/mol. The van der Waals surface area contributed by atoms with Crippen LogP contribution in [0.4, 0.5) is 5.69 Å². The fraction of sp³-hybridized carbons (Fsp3) is 0.120. The van der Waals surface area contributed by atoms with Crippen LogP contribution in [0, 0.1) is 0 Å². The number of nitrogens with two attached hydrogens (primary N) is 1. The van der Waals surface area contributed by atoms with Crippen LogP contribution in [0.25, 0.3) is 22.0 Å². The van der Waals surface area contributed by atoms with Gasteiger partial charge in [0.05, 0.1) is 5.52 Å². The van der Waals surface area contributed by atoms with E-state index in [4.69, 9.17) is 5.73 Å². The fourth-order valence-corrected chi connectivity index (χ4v) is 3.62. The lowest BCUT2D eigenvalue weighted by Crippen LogP contribution is -2.21. The minimum Gasteiger partial charge on any atom is -0.366 e. The van der Waals surface area contributed by atoms with Crippen LogP contribution in [0.1, 0.15) is 31.2 Å². The summed E-state index contributed by atoms with van der Waals surface area (Å²) in [6.45, 7) is 0. The smallest absolute Gasteiger partial charge is 0.274 e. The predicted octanol–water partition coefficient (Wildman–Crippen LogP) is 3.29. The van der Waals surface area contributed by atoms with Gasteiger partial charge in [0.2, 0.25) is 5.91 Å². The van der Waals surface area contributed by atoms with Crippen molar-refractivity contribution in [2.24, 2.45) is 12.8 Å². The number of carbonyl (C=O) groups is 3. The van der Waals surface area contributed by atoms with E-state index in [9.17, 15) is 14.4 Å². The summed E-state index contributed by atoms with van der Waals surface area (Å²) < 4.78 is 1.54. The SMILES string of the molecule is CN(C)C(=O)c1ccc(-c2ccc3nn(C)c(C(=O)Nc4ccc(C(N)=O)cc4)c3c2)cc1. The fourth-order valence-electron chi connectivity index (χ4n) is 3.62. The molecule has 0 saturated heterocycles. The number of amides is 3. The maximum Gasteiger partial charge on any atom is 0.274 e. The molecule has 0 aliphatic heterocycles. The highest BCUT2D eigenvalue weighted by atomic mass is 16.2. The molecule has 0 spiro atoms. The normalized spacial score (nSPS) is 10.8. The van der Waals surface area contributed by atoms with Gasteiger partial charge >= 0.3 is 0 Å². The van der Waals surface area contributed by atoms with E-state index in [0.717, 1.165) is 11.1 Å². The highest BCUT2D eigenvalue weighted by Gasteiger charge is 2.18. The summed E-state index contributed by atoms with van der Waals surface area (Å²) in [5.74, 6) is -0.917. The highest BCUT2D eigenvalue weighted by molar-refractivity contribution is 6.12. The average Bonchev–Trinajstić information content (AvgIpc) is 3.13. The highest BCUT2D eigenvalue weighted by Crippen LogP contribution is 2.27. The number of anilines is 1. The van der Waals surface area contributed by atoms with Crippen molar-refractivity contribution in [1.29, 1.82) is 0 Å². The number of fused-ring (bicyclic) bond motifs is 1. The number of carbonyl (C=O) groups excluding carboxylic acids is 3. The minimum atomic E-state index is -0.530. The zero-order chi connectivity index (χ0) is 23.7. The second-order valence-electron chi connectivity index (χ2n) is 7.88. The Bertz CT molecular complexity index is 1370. The molecule has 0 atom stereocenters. The molecule has 4 aromatic rings. The van der Waals surface area contributed by atoms with E-state index in [2.05, 4.69) is 10.4 Å². The van der Waals surface area contributed by atoms with Crippen molar-refractivity contribution in [3.8, 4) is 11.1 Å². The second kappa shape index (κ2) is 8.58. The van der Waals surface area contributed by atoms with Crippen molar-refractivity contribution in [2.75, 3.05) is 19.4 Å². The molecule has 0 bridgehead atoms. The molecule has 3 aromatic carbocycles. The van der Waals surface area contributed by atoms with Crippen molar-refractivity contribution < 1.29 is 14.4 Å². The van der Waals surface area contributed by atoms with Gasteiger partial charge in [-0.25, -0.2) is 0 Å². The Morgan fingerprint density at radius 1 is 0.879 bits per heavy atom. The third-order valence-corrected chi connectivity index (χ3v) is 5.35. The van der Waals surface area contributed by atoms with Gasteiger partial charge in [0.25, 0.3) is 11.8 Å². The number of primary amides is 1. The van der Waals surface area contributed by atoms with Gasteiger partial charge in [0.15, 0.2) is 0 Å². The summed E-state index contributed by atoms with van der Waals surface area (Å²) in [5, 5.41) is 7.99. The van der Waals surface area contributed by atoms with Crippen LogP contribution in [-0.2, 0) is 7.05 Å². The van der Waals surface area contributed by atoms with Gasteiger partial charge in [-0.05, 0) is 59.7 Å². The molecular weight excluding hydrogens is 418 g/mol. The summed E-state index contributed by atoms with van der Waals surface area (Å²) in [6, 6.07) is 19.4. The molecule has 8 heteroatoms. The number of aromatic nitrogens is 2. The monoisotopic (exact) mass is 441 g/mol. The lowest BCUT2D eigenvalue weighted by atomic mass is 10.0. The van der Waals surface area contributed by atoms with Crippen LogP contribution in [0.2, 0.25) is 0 Å². The molecule has 0 aliphatic carbocycles. The van der Waals surface area contributed by atoms with Crippen LogP contribution < -0.4 is 11.1 Å². The van der Waals surface area contributed by atoms with Crippen LogP contribution in [0.5, 0.6) is 0 Å². The molecule has 8 nitrogen and oxygen atoms in total. The van der Waals surface area contributed by atoms with Gasteiger partial charge in [-0.3, -0.25) is 19.1 Å². The van der Waals surface area contributed by atoms with Crippen molar-refractivity contribution in [3.05, 3.63) is 83.6 Å². The molecule has 0 radical (unpaired) electrons. The van der Waals surface area contributed by atoms with Crippen LogP contribution in [0.15, 0.2) is 66.7 Å². The van der Waals surface area contributed by atoms with Crippen molar-refractivity contribution >= 4 is 34.3 Å². The van der Waals surface area contributed by atoms with E-state index in [1.165, 1.54) is 4.90 Å². The summed E-state index contributed by atoms with van der Waals surface area (Å²) in [6.07, 6.45) is 0. The Hall–Kier alpha value is -4.46. The molecule has 3 N–H and O–H groups in total. The van der Waals surface area contributed by atoms with Gasteiger partial charge in [0.1, 0.15) is 5.69 Å². The summed E-state index contributed by atoms with van der Waals surface area (Å²) in [7, 11) is 5.14. The third kappa shape index (κ3) is 4.31. The molecule has 0 saturated carbocycles. The minimum absolute atomic E-state index is 0.0629. The summed E-state index contributed by atoms with van der Waals surface area (Å²) in [4.78, 5) is 38.0. The molecule has 33 heavy (non-hydrogen) atoms. The van der Waals surface area contributed by atoms with Gasteiger partial charge in [-0.2, -0.15) is 5.10 Å². The zero-order valence-electron chi connectivity index (χ0n) is 18.5. The van der Waals surface area contributed by atoms with Gasteiger partial charge in [-0.1, -0.05) is 18.2 Å². The van der Waals surface area contributed by atoms with Gasteiger partial charge in [-0.15, -0.1) is 0 Å². The summed E-state index contributed by atoms with van der Waals surface area (Å²) >= 11 is 0. The molecule has 0 unspecified atom stereocenters. The molecule has 166 valence electrons. The van der Waals surface area contributed by atoms with Crippen molar-refractivity contribution in [1.82, 2.24) is 14.7 Å². The van der Waals surface area contributed by atoms with Crippen molar-refractivity contribution in [2.45, 2.75) is 0 Å². The first-order valence-corrected chi connectivity index (χ1v) is 10.2. The number of rotatable bonds is 5. The molecule has 3 amide bonds. The second-order valence-corrected chi connectivity index (χ2v) is 7.88. The molecule has 4 rings (SSSR count). The van der Waals surface area contributed by atoms with E-state index >= 15 is 0 Å². The van der Waals surface area contributed by atoms with Crippen LogP contribution in [-0.4, -0.2) is 46.5 Å². The van der Waals surface area contributed by atoms with E-state index in [1.54, 1.807) is 62.2 Å². The average molecular weight is 441 g/mol. The maximum atomic E-state index is 13.1.